The van der Waals surface area contributed by atoms with E-state index in [1.165, 1.54) is 18.6 Å². The number of hydrogen-bond acceptors (Lipinski definition) is 3. The molecular weight excluding hydrogens is 407 g/mol. The predicted molar refractivity (Wildman–Crippen MR) is 123 cm³/mol. The Hall–Kier alpha value is -2.89. The monoisotopic (exact) mass is 440 g/mol. The number of para-hydroxylation sites is 1. The van der Waals surface area contributed by atoms with Crippen LogP contribution in [0.15, 0.2) is 48.5 Å². The zero-order valence-corrected chi connectivity index (χ0v) is 19.0. The molecule has 0 radical (unpaired) electrons. The molecule has 0 heterocycles. The lowest BCUT2D eigenvalue weighted by Gasteiger charge is -2.32. The third-order valence-corrected chi connectivity index (χ3v) is 6.05. The normalized spacial score (nSPS) is 15.1. The van der Waals surface area contributed by atoms with Crippen LogP contribution in [0.25, 0.3) is 0 Å². The summed E-state index contributed by atoms with van der Waals surface area (Å²) in [5.41, 5.74) is 1.70. The van der Waals surface area contributed by atoms with Crippen molar-refractivity contribution in [3.8, 4) is 5.75 Å². The van der Waals surface area contributed by atoms with Crippen molar-refractivity contribution in [1.82, 2.24) is 10.2 Å². The Morgan fingerprint density at radius 2 is 1.78 bits per heavy atom. The van der Waals surface area contributed by atoms with Crippen LogP contribution in [0.4, 0.5) is 4.39 Å². The summed E-state index contributed by atoms with van der Waals surface area (Å²) in [5, 5.41) is 3.15. The molecule has 1 aliphatic carbocycles. The molecule has 5 nitrogen and oxygen atoms in total. The molecule has 3 rings (SSSR count). The molecule has 172 valence electrons. The zero-order chi connectivity index (χ0) is 22.9. The Kier molecular flexibility index (Phi) is 8.65. The largest absolute Gasteiger partial charge is 0.484 e. The van der Waals surface area contributed by atoms with Crippen LogP contribution in [0, 0.1) is 12.7 Å². The summed E-state index contributed by atoms with van der Waals surface area (Å²) in [6.45, 7) is 3.87. The first-order valence-corrected chi connectivity index (χ1v) is 11.5. The summed E-state index contributed by atoms with van der Waals surface area (Å²) in [6.07, 6.45) is 5.87. The van der Waals surface area contributed by atoms with Gasteiger partial charge in [-0.3, -0.25) is 9.59 Å². The first-order chi connectivity index (χ1) is 15.5. The van der Waals surface area contributed by atoms with E-state index < -0.39 is 6.04 Å². The van der Waals surface area contributed by atoms with Crippen LogP contribution in [0.5, 0.6) is 5.75 Å². The van der Waals surface area contributed by atoms with Gasteiger partial charge in [-0.1, -0.05) is 56.5 Å². The van der Waals surface area contributed by atoms with Gasteiger partial charge in [0.2, 0.25) is 5.91 Å². The summed E-state index contributed by atoms with van der Waals surface area (Å²) in [5.74, 6) is -0.104. The first kappa shape index (κ1) is 23.8. The highest BCUT2D eigenvalue weighted by Crippen LogP contribution is 2.20. The molecule has 6 heteroatoms. The first-order valence-electron chi connectivity index (χ1n) is 11.5. The van der Waals surface area contributed by atoms with Crippen molar-refractivity contribution in [2.45, 2.75) is 71.0 Å². The average molecular weight is 441 g/mol. The minimum Gasteiger partial charge on any atom is -0.484 e. The highest BCUT2D eigenvalue weighted by atomic mass is 19.1. The van der Waals surface area contributed by atoms with E-state index in [2.05, 4.69) is 5.32 Å². The van der Waals surface area contributed by atoms with Gasteiger partial charge in [-0.05, 0) is 55.5 Å². The number of nitrogens with zero attached hydrogens (tertiary/aromatic N) is 1. The molecule has 2 amide bonds. The van der Waals surface area contributed by atoms with Crippen molar-refractivity contribution in [3.05, 3.63) is 65.5 Å². The van der Waals surface area contributed by atoms with Crippen molar-refractivity contribution < 1.29 is 18.7 Å². The van der Waals surface area contributed by atoms with Gasteiger partial charge in [0, 0.05) is 12.6 Å². The Morgan fingerprint density at radius 3 is 2.44 bits per heavy atom. The lowest BCUT2D eigenvalue weighted by atomic mass is 9.95. The number of nitrogens with one attached hydrogen (secondary N) is 1. The fraction of sp³-hybridized carbons (Fsp3) is 0.462. The third kappa shape index (κ3) is 6.55. The number of carbonyl (C=O) groups excluding carboxylic acids is 2. The van der Waals surface area contributed by atoms with E-state index >= 15 is 0 Å². The van der Waals surface area contributed by atoms with Crippen molar-refractivity contribution >= 4 is 11.8 Å². The van der Waals surface area contributed by atoms with Gasteiger partial charge in [0.25, 0.3) is 5.91 Å². The second-order valence-electron chi connectivity index (χ2n) is 8.47. The van der Waals surface area contributed by atoms with Crippen LogP contribution in [0.2, 0.25) is 0 Å². The van der Waals surface area contributed by atoms with Gasteiger partial charge in [-0.25, -0.2) is 4.39 Å². The summed E-state index contributed by atoms with van der Waals surface area (Å²) in [6, 6.07) is 13.1. The molecule has 1 atom stereocenters. The number of aryl methyl sites for hydroxylation is 1. The highest BCUT2D eigenvalue weighted by molar-refractivity contribution is 5.88. The number of hydrogen-bond donors (Lipinski definition) is 1. The second-order valence-corrected chi connectivity index (χ2v) is 8.47. The molecule has 0 bridgehead atoms. The number of benzene rings is 2. The van der Waals surface area contributed by atoms with Crippen LogP contribution in [0.1, 0.15) is 56.6 Å². The molecule has 32 heavy (non-hydrogen) atoms. The van der Waals surface area contributed by atoms with Gasteiger partial charge in [0.15, 0.2) is 6.61 Å². The molecule has 1 saturated carbocycles. The Balaban J connectivity index is 1.75. The fourth-order valence-corrected chi connectivity index (χ4v) is 4.19. The molecule has 0 aromatic heterocycles. The van der Waals surface area contributed by atoms with Gasteiger partial charge in [-0.2, -0.15) is 0 Å². The maximum absolute atomic E-state index is 13.4. The Labute approximate surface area is 190 Å². The summed E-state index contributed by atoms with van der Waals surface area (Å²) in [4.78, 5) is 28.0. The molecular formula is C26H33FN2O3. The number of ether oxygens (including phenoxy) is 1. The van der Waals surface area contributed by atoms with Gasteiger partial charge in [-0.15, -0.1) is 0 Å². The van der Waals surface area contributed by atoms with Gasteiger partial charge >= 0.3 is 0 Å². The summed E-state index contributed by atoms with van der Waals surface area (Å²) < 4.78 is 19.2. The molecule has 2 aromatic carbocycles. The lowest BCUT2D eigenvalue weighted by Crippen LogP contribution is -2.52. The van der Waals surface area contributed by atoms with E-state index in [0.717, 1.165) is 36.8 Å². The van der Waals surface area contributed by atoms with Crippen LogP contribution >= 0.6 is 0 Å². The zero-order valence-electron chi connectivity index (χ0n) is 19.0. The molecule has 0 aliphatic heterocycles. The summed E-state index contributed by atoms with van der Waals surface area (Å²) >= 11 is 0. The fourth-order valence-electron chi connectivity index (χ4n) is 4.19. The predicted octanol–water partition coefficient (Wildman–Crippen LogP) is 4.77. The molecule has 1 fully saturated rings. The van der Waals surface area contributed by atoms with Crippen molar-refractivity contribution in [2.24, 2.45) is 0 Å². The third-order valence-electron chi connectivity index (χ3n) is 6.05. The minimum atomic E-state index is -0.616. The molecule has 1 aliphatic rings. The molecule has 2 aromatic rings. The van der Waals surface area contributed by atoms with Gasteiger partial charge in [0.05, 0.1) is 0 Å². The average Bonchev–Trinajstić information content (AvgIpc) is 2.80. The van der Waals surface area contributed by atoms with E-state index in [0.29, 0.717) is 12.2 Å². The van der Waals surface area contributed by atoms with Crippen molar-refractivity contribution in [3.63, 3.8) is 0 Å². The molecule has 0 saturated heterocycles. The quantitative estimate of drug-likeness (QED) is 0.611. The minimum absolute atomic E-state index is 0.134. The van der Waals surface area contributed by atoms with Crippen LogP contribution < -0.4 is 10.1 Å². The SMILES string of the molecule is CC[C@H](C(=O)NC1CCCCC1)N(Cc1ccc(F)cc1)C(=O)COc1ccccc1C. The van der Waals surface area contributed by atoms with E-state index in [1.807, 2.05) is 38.1 Å². The Morgan fingerprint density at radius 1 is 1.09 bits per heavy atom. The number of rotatable bonds is 9. The van der Waals surface area contributed by atoms with Crippen molar-refractivity contribution in [2.75, 3.05) is 6.61 Å². The molecule has 1 N–H and O–H groups in total. The number of carbonyl (C=O) groups is 2. The standard InChI is InChI=1S/C26H33FN2O3/c1-3-23(26(31)28-22-10-5-4-6-11-22)29(17-20-13-15-21(27)16-14-20)25(30)18-32-24-12-8-7-9-19(24)2/h7-9,12-16,22-23H,3-6,10-11,17-18H2,1-2H3,(H,28,31)/t23-/m1/s1. The summed E-state index contributed by atoms with van der Waals surface area (Å²) in [7, 11) is 0. The highest BCUT2D eigenvalue weighted by Gasteiger charge is 2.30. The topological polar surface area (TPSA) is 58.6 Å². The van der Waals surface area contributed by atoms with Crippen LogP contribution in [-0.4, -0.2) is 35.4 Å². The van der Waals surface area contributed by atoms with E-state index in [-0.39, 0.29) is 36.8 Å². The van der Waals surface area contributed by atoms with Crippen LogP contribution in [-0.2, 0) is 16.1 Å². The number of amides is 2. The molecule has 0 spiro atoms. The van der Waals surface area contributed by atoms with Crippen LogP contribution in [0.3, 0.4) is 0 Å². The Bertz CT molecular complexity index is 894. The van der Waals surface area contributed by atoms with E-state index in [1.54, 1.807) is 17.0 Å². The van der Waals surface area contributed by atoms with Gasteiger partial charge < -0.3 is 15.0 Å². The van der Waals surface area contributed by atoms with Gasteiger partial charge in [0.1, 0.15) is 17.6 Å². The smallest absolute Gasteiger partial charge is 0.261 e. The van der Waals surface area contributed by atoms with Crippen molar-refractivity contribution in [1.29, 1.82) is 0 Å². The maximum Gasteiger partial charge on any atom is 0.261 e. The van der Waals surface area contributed by atoms with E-state index in [4.69, 9.17) is 4.74 Å². The second kappa shape index (κ2) is 11.7. The van der Waals surface area contributed by atoms with E-state index in [9.17, 15) is 14.0 Å². The maximum atomic E-state index is 13.4. The number of halogens is 1. The molecule has 0 unspecified atom stereocenters. The lowest BCUT2D eigenvalue weighted by molar-refractivity contribution is -0.143.